The Hall–Kier alpha value is -1.07. The third kappa shape index (κ3) is 4.36. The summed E-state index contributed by atoms with van der Waals surface area (Å²) in [4.78, 5) is 15.9. The second-order valence-corrected chi connectivity index (χ2v) is 5.18. The van der Waals surface area contributed by atoms with Crippen molar-refractivity contribution in [1.82, 2.24) is 15.6 Å². The first-order valence-electron chi connectivity index (χ1n) is 5.82. The number of carbonyl (C=O) groups is 1. The normalized spacial score (nSPS) is 19.9. The van der Waals surface area contributed by atoms with Crippen LogP contribution < -0.4 is 10.6 Å². The molecule has 0 radical (unpaired) electrons. The Morgan fingerprint density at radius 3 is 3.24 bits per heavy atom. The van der Waals surface area contributed by atoms with E-state index < -0.39 is 0 Å². The van der Waals surface area contributed by atoms with Crippen LogP contribution in [0.1, 0.15) is 12.1 Å². The van der Waals surface area contributed by atoms with E-state index in [1.54, 1.807) is 6.20 Å². The lowest BCUT2D eigenvalue weighted by Gasteiger charge is -2.22. The summed E-state index contributed by atoms with van der Waals surface area (Å²) < 4.78 is 0. The number of rotatable bonds is 4. The smallest absolute Gasteiger partial charge is 0.221 e. The molecule has 0 saturated carbocycles. The fourth-order valence-corrected chi connectivity index (χ4v) is 2.69. The fourth-order valence-electron chi connectivity index (χ4n) is 1.74. The number of thioether (sulfide) groups is 1. The van der Waals surface area contributed by atoms with E-state index in [1.165, 1.54) is 0 Å². The van der Waals surface area contributed by atoms with Gasteiger partial charge < -0.3 is 10.6 Å². The van der Waals surface area contributed by atoms with Crippen molar-refractivity contribution in [2.75, 3.05) is 18.1 Å². The van der Waals surface area contributed by atoms with Crippen LogP contribution in [-0.4, -0.2) is 35.0 Å². The molecule has 0 spiro atoms. The second kappa shape index (κ2) is 6.61. The zero-order valence-electron chi connectivity index (χ0n) is 9.69. The summed E-state index contributed by atoms with van der Waals surface area (Å²) >= 11 is 1.90. The van der Waals surface area contributed by atoms with Gasteiger partial charge in [-0.05, 0) is 12.1 Å². The molecular formula is C12H17N3OS. The molecule has 2 heterocycles. The lowest BCUT2D eigenvalue weighted by molar-refractivity contribution is -0.121. The summed E-state index contributed by atoms with van der Waals surface area (Å²) in [6.07, 6.45) is 2.29. The van der Waals surface area contributed by atoms with Gasteiger partial charge in [-0.2, -0.15) is 11.8 Å². The quantitative estimate of drug-likeness (QED) is 0.831. The van der Waals surface area contributed by atoms with Crippen LogP contribution in [0.4, 0.5) is 0 Å². The molecule has 92 valence electrons. The first-order chi connectivity index (χ1) is 8.34. The van der Waals surface area contributed by atoms with Crippen LogP contribution in [0.2, 0.25) is 0 Å². The van der Waals surface area contributed by atoms with Gasteiger partial charge in [0.05, 0.1) is 12.2 Å². The predicted octanol–water partition coefficient (Wildman–Crippen LogP) is 0.793. The zero-order chi connectivity index (χ0) is 11.9. The molecule has 1 aliphatic rings. The van der Waals surface area contributed by atoms with Gasteiger partial charge >= 0.3 is 0 Å². The Labute approximate surface area is 106 Å². The van der Waals surface area contributed by atoms with Crippen molar-refractivity contribution >= 4 is 17.7 Å². The SMILES string of the molecule is O=C(CC1CSCCN1)NCc1ccccn1. The summed E-state index contributed by atoms with van der Waals surface area (Å²) in [5, 5.41) is 6.25. The van der Waals surface area contributed by atoms with Crippen LogP contribution in [0.25, 0.3) is 0 Å². The number of carbonyl (C=O) groups excluding carboxylic acids is 1. The number of pyridine rings is 1. The highest BCUT2D eigenvalue weighted by Crippen LogP contribution is 2.09. The van der Waals surface area contributed by atoms with Crippen LogP contribution in [-0.2, 0) is 11.3 Å². The maximum Gasteiger partial charge on any atom is 0.221 e. The third-order valence-corrected chi connectivity index (χ3v) is 3.75. The first kappa shape index (κ1) is 12.4. The number of hydrogen-bond acceptors (Lipinski definition) is 4. The van der Waals surface area contributed by atoms with Crippen molar-refractivity contribution in [2.24, 2.45) is 0 Å². The van der Waals surface area contributed by atoms with E-state index in [2.05, 4.69) is 15.6 Å². The second-order valence-electron chi connectivity index (χ2n) is 4.03. The van der Waals surface area contributed by atoms with E-state index in [4.69, 9.17) is 0 Å². The van der Waals surface area contributed by atoms with Crippen LogP contribution in [0.15, 0.2) is 24.4 Å². The highest BCUT2D eigenvalue weighted by molar-refractivity contribution is 7.99. The lowest BCUT2D eigenvalue weighted by Crippen LogP contribution is -2.41. The molecule has 4 nitrogen and oxygen atoms in total. The summed E-state index contributed by atoms with van der Waals surface area (Å²) in [5.41, 5.74) is 0.895. The van der Waals surface area contributed by atoms with E-state index in [0.717, 1.165) is 23.7 Å². The van der Waals surface area contributed by atoms with Gasteiger partial charge in [-0.15, -0.1) is 0 Å². The van der Waals surface area contributed by atoms with Crippen molar-refractivity contribution in [3.63, 3.8) is 0 Å². The van der Waals surface area contributed by atoms with Crippen LogP contribution in [0, 0.1) is 0 Å². The average Bonchev–Trinajstić information content (AvgIpc) is 2.39. The number of nitrogens with one attached hydrogen (secondary N) is 2. The maximum atomic E-state index is 11.7. The van der Waals surface area contributed by atoms with Crippen molar-refractivity contribution < 1.29 is 4.79 Å². The molecule has 2 N–H and O–H groups in total. The highest BCUT2D eigenvalue weighted by atomic mass is 32.2. The summed E-state index contributed by atoms with van der Waals surface area (Å²) in [5.74, 6) is 2.26. The Balaban J connectivity index is 1.70. The van der Waals surface area contributed by atoms with E-state index in [0.29, 0.717) is 19.0 Å². The maximum absolute atomic E-state index is 11.7. The molecule has 1 aromatic rings. The molecule has 1 fully saturated rings. The van der Waals surface area contributed by atoms with Gasteiger partial charge in [-0.3, -0.25) is 9.78 Å². The minimum absolute atomic E-state index is 0.0932. The zero-order valence-corrected chi connectivity index (χ0v) is 10.5. The minimum Gasteiger partial charge on any atom is -0.350 e. The molecule has 1 aliphatic heterocycles. The number of hydrogen-bond donors (Lipinski definition) is 2. The van der Waals surface area contributed by atoms with E-state index in [-0.39, 0.29) is 5.91 Å². The highest BCUT2D eigenvalue weighted by Gasteiger charge is 2.16. The Bertz CT molecular complexity index is 352. The van der Waals surface area contributed by atoms with Crippen LogP contribution in [0.5, 0.6) is 0 Å². The van der Waals surface area contributed by atoms with Crippen molar-refractivity contribution in [3.05, 3.63) is 30.1 Å². The standard InChI is InChI=1S/C12H17N3OS/c16-12(7-11-9-17-6-5-14-11)15-8-10-3-1-2-4-13-10/h1-4,11,14H,5-9H2,(H,15,16). The fraction of sp³-hybridized carbons (Fsp3) is 0.500. The van der Waals surface area contributed by atoms with Gasteiger partial charge in [-0.1, -0.05) is 6.07 Å². The summed E-state index contributed by atoms with van der Waals surface area (Å²) in [6.45, 7) is 1.52. The Kier molecular flexibility index (Phi) is 4.82. The van der Waals surface area contributed by atoms with E-state index in [1.807, 2.05) is 30.0 Å². The van der Waals surface area contributed by atoms with Gasteiger partial charge in [0.2, 0.25) is 5.91 Å². The van der Waals surface area contributed by atoms with Crippen molar-refractivity contribution in [3.8, 4) is 0 Å². The Morgan fingerprint density at radius 1 is 1.59 bits per heavy atom. The first-order valence-corrected chi connectivity index (χ1v) is 6.98. The molecular weight excluding hydrogens is 234 g/mol. The molecule has 1 unspecified atom stereocenters. The van der Waals surface area contributed by atoms with E-state index >= 15 is 0 Å². The van der Waals surface area contributed by atoms with Gasteiger partial charge in [0.25, 0.3) is 0 Å². The topological polar surface area (TPSA) is 54.0 Å². The monoisotopic (exact) mass is 251 g/mol. The summed E-state index contributed by atoms with van der Waals surface area (Å²) in [7, 11) is 0. The van der Waals surface area contributed by atoms with Gasteiger partial charge in [0, 0.05) is 36.7 Å². The molecule has 1 aromatic heterocycles. The molecule has 1 saturated heterocycles. The molecule has 2 rings (SSSR count). The summed E-state index contributed by atoms with van der Waals surface area (Å²) in [6, 6.07) is 6.02. The predicted molar refractivity (Wildman–Crippen MR) is 69.8 cm³/mol. The molecule has 0 bridgehead atoms. The van der Waals surface area contributed by atoms with Gasteiger partial charge in [0.15, 0.2) is 0 Å². The van der Waals surface area contributed by atoms with Gasteiger partial charge in [-0.25, -0.2) is 0 Å². The average molecular weight is 251 g/mol. The Morgan fingerprint density at radius 2 is 2.53 bits per heavy atom. The van der Waals surface area contributed by atoms with Crippen molar-refractivity contribution in [2.45, 2.75) is 19.0 Å². The molecule has 0 aromatic carbocycles. The minimum atomic E-state index is 0.0932. The number of aromatic nitrogens is 1. The van der Waals surface area contributed by atoms with Gasteiger partial charge in [0.1, 0.15) is 0 Å². The largest absolute Gasteiger partial charge is 0.350 e. The molecule has 1 amide bonds. The van der Waals surface area contributed by atoms with Crippen LogP contribution in [0.3, 0.4) is 0 Å². The number of amides is 1. The number of nitrogens with zero attached hydrogens (tertiary/aromatic N) is 1. The third-order valence-electron chi connectivity index (χ3n) is 2.62. The van der Waals surface area contributed by atoms with Crippen LogP contribution >= 0.6 is 11.8 Å². The molecule has 17 heavy (non-hydrogen) atoms. The van der Waals surface area contributed by atoms with E-state index in [9.17, 15) is 4.79 Å². The van der Waals surface area contributed by atoms with Crippen molar-refractivity contribution in [1.29, 1.82) is 0 Å². The molecule has 5 heteroatoms. The molecule has 0 aliphatic carbocycles. The lowest BCUT2D eigenvalue weighted by atomic mass is 10.2. The molecule has 1 atom stereocenters.